The minimum absolute atomic E-state index is 0.0359. The molecule has 2 heteroatoms. The van der Waals surface area contributed by atoms with Gasteiger partial charge in [0.1, 0.15) is 0 Å². The van der Waals surface area contributed by atoms with Gasteiger partial charge in [-0.15, -0.1) is 0 Å². The first-order valence-corrected chi connectivity index (χ1v) is 26.7. The van der Waals surface area contributed by atoms with Crippen LogP contribution in [0, 0.1) is 23.7 Å². The van der Waals surface area contributed by atoms with Crippen LogP contribution in [0.25, 0.3) is 49.7 Å². The third kappa shape index (κ3) is 6.36. The molecule has 0 radical (unpaired) electrons. The van der Waals surface area contributed by atoms with Gasteiger partial charge in [-0.05, 0) is 172 Å². The van der Waals surface area contributed by atoms with Crippen LogP contribution in [0.5, 0.6) is 0 Å². The van der Waals surface area contributed by atoms with Crippen LogP contribution in [0.2, 0.25) is 0 Å². The van der Waals surface area contributed by atoms with Gasteiger partial charge < -0.3 is 9.47 Å². The molecule has 0 aliphatic heterocycles. The van der Waals surface area contributed by atoms with Crippen LogP contribution in [0.1, 0.15) is 65.5 Å². The Balaban J connectivity index is 0.909. The molecule has 1 heterocycles. The molecule has 0 saturated heterocycles. The second-order valence-corrected chi connectivity index (χ2v) is 21.6. The minimum atomic E-state index is -0.539. The molecule has 0 atom stereocenters. The largest absolute Gasteiger partial charge is 0.310 e. The molecule has 4 fully saturated rings. The van der Waals surface area contributed by atoms with Gasteiger partial charge in [0.2, 0.25) is 0 Å². The fourth-order valence-corrected chi connectivity index (χ4v) is 15.5. The highest BCUT2D eigenvalue weighted by Crippen LogP contribution is 2.70. The molecule has 4 saturated carbocycles. The first-order chi connectivity index (χ1) is 36.2. The Kier molecular flexibility index (Phi) is 9.71. The van der Waals surface area contributed by atoms with E-state index in [4.69, 9.17) is 0 Å². The van der Waals surface area contributed by atoms with Gasteiger partial charge in [-0.2, -0.15) is 0 Å². The van der Waals surface area contributed by atoms with E-state index in [0.29, 0.717) is 11.8 Å². The molecule has 11 aromatic rings. The topological polar surface area (TPSA) is 8.17 Å². The Morgan fingerprint density at radius 2 is 0.740 bits per heavy atom. The van der Waals surface area contributed by atoms with Crippen LogP contribution in [-0.4, -0.2) is 4.57 Å². The van der Waals surface area contributed by atoms with Crippen molar-refractivity contribution in [2.45, 2.75) is 42.9 Å². The SMILES string of the molecule is c1ccc(-c2ccc(N(c3ccc(-c4ccc(-n5c6ccccc6c6ccccc65)cc4)cc3)c3ccc4c(c3)C(c3ccccc3)(c3ccccc3)c3ccccc3C43C4CC5CC(C4)CC3C5)cc2)cc1. The number of para-hydroxylation sites is 2. The molecular weight excluding hydrogens is 881 g/mol. The molecule has 5 aliphatic carbocycles. The van der Waals surface area contributed by atoms with Crippen LogP contribution < -0.4 is 4.90 Å². The van der Waals surface area contributed by atoms with Crippen LogP contribution >= 0.6 is 0 Å². The maximum absolute atomic E-state index is 2.63. The number of benzene rings is 10. The average molecular weight is 937 g/mol. The Labute approximate surface area is 428 Å². The summed E-state index contributed by atoms with van der Waals surface area (Å²) in [4.78, 5) is 2.51. The van der Waals surface area contributed by atoms with E-state index in [1.54, 1.807) is 11.1 Å². The monoisotopic (exact) mass is 936 g/mol. The molecule has 10 aromatic carbocycles. The number of hydrogen-bond acceptors (Lipinski definition) is 1. The zero-order valence-electron chi connectivity index (χ0n) is 41.0. The van der Waals surface area contributed by atoms with E-state index in [1.165, 1.54) is 104 Å². The number of nitrogens with zero attached hydrogens (tertiary/aromatic N) is 2. The van der Waals surface area contributed by atoms with E-state index in [1.807, 2.05) is 0 Å². The number of fused-ring (bicyclic) bond motifs is 5. The quantitative estimate of drug-likeness (QED) is 0.147. The molecule has 0 N–H and O–H groups in total. The van der Waals surface area contributed by atoms with Gasteiger partial charge >= 0.3 is 0 Å². The summed E-state index contributed by atoms with van der Waals surface area (Å²) >= 11 is 0. The molecular formula is C71H56N2. The summed E-state index contributed by atoms with van der Waals surface area (Å²) < 4.78 is 2.39. The highest BCUT2D eigenvalue weighted by Gasteiger charge is 2.63. The van der Waals surface area contributed by atoms with Gasteiger partial charge in [-0.25, -0.2) is 0 Å². The van der Waals surface area contributed by atoms with Crippen molar-refractivity contribution in [2.24, 2.45) is 23.7 Å². The summed E-state index contributed by atoms with van der Waals surface area (Å²) in [5.41, 5.74) is 19.9. The van der Waals surface area contributed by atoms with E-state index in [-0.39, 0.29) is 5.41 Å². The van der Waals surface area contributed by atoms with Crippen LogP contribution in [-0.2, 0) is 10.8 Å². The average Bonchev–Trinajstić information content (AvgIpc) is 3.80. The fraction of sp³-hybridized carbons (Fsp3) is 0.155. The smallest absolute Gasteiger partial charge is 0.0708 e. The summed E-state index contributed by atoms with van der Waals surface area (Å²) in [7, 11) is 0. The van der Waals surface area contributed by atoms with Gasteiger partial charge in [0, 0.05) is 38.9 Å². The van der Waals surface area contributed by atoms with E-state index in [9.17, 15) is 0 Å². The maximum atomic E-state index is 2.63. The first-order valence-electron chi connectivity index (χ1n) is 26.7. The molecule has 73 heavy (non-hydrogen) atoms. The van der Waals surface area contributed by atoms with Crippen molar-refractivity contribution in [1.29, 1.82) is 0 Å². The summed E-state index contributed by atoms with van der Waals surface area (Å²) in [6.07, 6.45) is 6.77. The third-order valence-electron chi connectivity index (χ3n) is 18.1. The summed E-state index contributed by atoms with van der Waals surface area (Å²) in [5.74, 6) is 2.97. The Morgan fingerprint density at radius 1 is 0.329 bits per heavy atom. The van der Waals surface area contributed by atoms with Crippen LogP contribution in [0.15, 0.2) is 255 Å². The molecule has 0 unspecified atom stereocenters. The van der Waals surface area contributed by atoms with E-state index in [2.05, 4.69) is 264 Å². The summed E-state index contributed by atoms with van der Waals surface area (Å²) in [6, 6.07) is 96.2. The lowest BCUT2D eigenvalue weighted by atomic mass is 9.38. The van der Waals surface area contributed by atoms with Crippen molar-refractivity contribution >= 4 is 38.9 Å². The predicted molar refractivity (Wildman–Crippen MR) is 302 cm³/mol. The zero-order chi connectivity index (χ0) is 48.1. The molecule has 0 amide bonds. The standard InChI is InChI=1S/C71H56N2/c1-4-16-50(17-5-1)51-28-34-58(35-29-51)72(59-36-30-52(31-37-59)53-32-38-60(39-33-53)73-68-26-14-10-22-62(68)63-23-11-15-27-69(63)73)61-40-41-66-67(47-61)70(54-18-6-2-7-19-54,55-20-8-3-9-21-55)64-24-12-13-25-65(64)71(66)56-43-48-42-49(45-56)46-57(71)44-48/h1-41,47-49,56-57H,42-46H2. The van der Waals surface area contributed by atoms with Crippen LogP contribution in [0.3, 0.4) is 0 Å². The lowest BCUT2D eigenvalue weighted by molar-refractivity contribution is -0.0440. The normalized spacial score (nSPS) is 21.0. The van der Waals surface area contributed by atoms with Crippen molar-refractivity contribution in [3.8, 4) is 27.9 Å². The fourth-order valence-electron chi connectivity index (χ4n) is 15.5. The number of anilines is 3. The van der Waals surface area contributed by atoms with Gasteiger partial charge in [0.25, 0.3) is 0 Å². The minimum Gasteiger partial charge on any atom is -0.310 e. The zero-order valence-corrected chi connectivity index (χ0v) is 41.0. The molecule has 1 aromatic heterocycles. The highest BCUT2D eigenvalue weighted by atomic mass is 15.1. The summed E-state index contributed by atoms with van der Waals surface area (Å²) in [5, 5.41) is 2.55. The lowest BCUT2D eigenvalue weighted by Crippen LogP contribution is -2.59. The van der Waals surface area contributed by atoms with Crippen molar-refractivity contribution < 1.29 is 0 Å². The second kappa shape index (κ2) is 16.7. The van der Waals surface area contributed by atoms with Crippen molar-refractivity contribution in [3.63, 3.8) is 0 Å². The lowest BCUT2D eigenvalue weighted by Gasteiger charge is -2.65. The molecule has 350 valence electrons. The number of rotatable bonds is 8. The van der Waals surface area contributed by atoms with Gasteiger partial charge in [0.15, 0.2) is 0 Å². The van der Waals surface area contributed by atoms with Gasteiger partial charge in [0.05, 0.1) is 16.4 Å². The van der Waals surface area contributed by atoms with Crippen molar-refractivity contribution in [2.75, 3.05) is 4.90 Å². The van der Waals surface area contributed by atoms with Crippen molar-refractivity contribution in [3.05, 3.63) is 288 Å². The summed E-state index contributed by atoms with van der Waals surface area (Å²) in [6.45, 7) is 0. The predicted octanol–water partition coefficient (Wildman–Crippen LogP) is 18.0. The Morgan fingerprint density at radius 3 is 1.27 bits per heavy atom. The maximum Gasteiger partial charge on any atom is 0.0708 e. The van der Waals surface area contributed by atoms with Crippen LogP contribution in [0.4, 0.5) is 17.1 Å². The number of hydrogen-bond donors (Lipinski definition) is 0. The van der Waals surface area contributed by atoms with E-state index >= 15 is 0 Å². The molecule has 2 nitrogen and oxygen atoms in total. The van der Waals surface area contributed by atoms with Crippen molar-refractivity contribution in [1.82, 2.24) is 4.57 Å². The molecule has 4 bridgehead atoms. The Hall–Kier alpha value is -8.20. The van der Waals surface area contributed by atoms with E-state index < -0.39 is 5.41 Å². The second-order valence-electron chi connectivity index (χ2n) is 21.6. The van der Waals surface area contributed by atoms with Gasteiger partial charge in [-0.3, -0.25) is 0 Å². The third-order valence-corrected chi connectivity index (χ3v) is 18.1. The van der Waals surface area contributed by atoms with E-state index in [0.717, 1.165) is 28.9 Å². The Bertz CT molecular complexity index is 3710. The highest BCUT2D eigenvalue weighted by molar-refractivity contribution is 6.09. The molecule has 16 rings (SSSR count). The number of aromatic nitrogens is 1. The molecule has 5 aliphatic rings. The first kappa shape index (κ1) is 42.5. The van der Waals surface area contributed by atoms with Gasteiger partial charge in [-0.1, -0.05) is 194 Å². The molecule has 1 spiro atoms.